The van der Waals surface area contributed by atoms with E-state index in [1.165, 1.54) is 36.4 Å². The predicted molar refractivity (Wildman–Crippen MR) is 100 cm³/mol. The molecule has 0 amide bonds. The van der Waals surface area contributed by atoms with Crippen molar-refractivity contribution in [2.45, 2.75) is 4.90 Å². The van der Waals surface area contributed by atoms with Crippen LogP contribution in [0.4, 0.5) is 0 Å². The minimum atomic E-state index is -4.35. The second-order valence-corrected chi connectivity index (χ2v) is 8.70. The molecule has 0 saturated carbocycles. The lowest BCUT2D eigenvalue weighted by atomic mass is 10.1. The third kappa shape index (κ3) is 2.83. The van der Waals surface area contributed by atoms with Gasteiger partial charge in [-0.1, -0.05) is 18.2 Å². The molecule has 1 heterocycles. The van der Waals surface area contributed by atoms with Crippen LogP contribution in [-0.2, 0) is 10.0 Å². The Morgan fingerprint density at radius 2 is 1.50 bits per heavy atom. The van der Waals surface area contributed by atoms with Gasteiger partial charge in [-0.05, 0) is 56.1 Å². The smallest absolute Gasteiger partial charge is 0.354 e. The maximum Gasteiger partial charge on any atom is 0.354 e. The Kier molecular flexibility index (Phi) is 4.67. The summed E-state index contributed by atoms with van der Waals surface area (Å²) in [5.74, 6) is -3.20. The van der Waals surface area contributed by atoms with Gasteiger partial charge in [-0.25, -0.2) is 22.0 Å². The van der Waals surface area contributed by atoms with Crippen LogP contribution in [0.2, 0.25) is 0 Å². The summed E-state index contributed by atoms with van der Waals surface area (Å²) in [7, 11) is -4.35. The highest BCUT2D eigenvalue weighted by Gasteiger charge is 2.33. The largest absolute Gasteiger partial charge is 0.478 e. The Labute approximate surface area is 164 Å². The van der Waals surface area contributed by atoms with Crippen LogP contribution in [0.5, 0.6) is 0 Å². The van der Waals surface area contributed by atoms with Crippen LogP contribution in [-0.4, -0.2) is 34.5 Å². The van der Waals surface area contributed by atoms with Gasteiger partial charge in [-0.3, -0.25) is 0 Å². The molecule has 0 saturated heterocycles. The van der Waals surface area contributed by atoms with E-state index >= 15 is 0 Å². The number of rotatable bonds is 4. The van der Waals surface area contributed by atoms with Gasteiger partial charge in [0.05, 0.1) is 10.4 Å². The third-order valence-corrected chi connectivity index (χ3v) is 7.24. The van der Waals surface area contributed by atoms with E-state index in [0.29, 0.717) is 12.9 Å². The van der Waals surface area contributed by atoms with Crippen molar-refractivity contribution in [3.8, 4) is 0 Å². The molecule has 2 aromatic carbocycles. The first-order valence-electron chi connectivity index (χ1n) is 6.97. The molecule has 0 aliphatic carbocycles. The SMILES string of the molecule is O=C(O)c1c(C(=O)O)n(S(=O)(=O)c2ccccc2)c2cc(Br)c(Br)cc12. The number of carboxylic acids is 2. The number of benzene rings is 2. The minimum Gasteiger partial charge on any atom is -0.478 e. The van der Waals surface area contributed by atoms with Gasteiger partial charge in [-0.15, -0.1) is 0 Å². The van der Waals surface area contributed by atoms with Crippen molar-refractivity contribution in [1.82, 2.24) is 3.97 Å². The van der Waals surface area contributed by atoms with Gasteiger partial charge in [0.15, 0.2) is 5.69 Å². The van der Waals surface area contributed by atoms with Gasteiger partial charge in [0.25, 0.3) is 10.0 Å². The van der Waals surface area contributed by atoms with Crippen LogP contribution in [0.3, 0.4) is 0 Å². The number of hydrogen-bond acceptors (Lipinski definition) is 4. The Bertz CT molecular complexity index is 1170. The first-order chi connectivity index (χ1) is 12.2. The number of halogens is 2. The number of carboxylic acid groups (broad SMARTS) is 2. The van der Waals surface area contributed by atoms with E-state index in [4.69, 9.17) is 0 Å². The molecule has 7 nitrogen and oxygen atoms in total. The van der Waals surface area contributed by atoms with Gasteiger partial charge in [-0.2, -0.15) is 0 Å². The van der Waals surface area contributed by atoms with Crippen LogP contribution in [0.1, 0.15) is 20.8 Å². The molecule has 3 rings (SSSR count). The number of carbonyl (C=O) groups is 2. The monoisotopic (exact) mass is 501 g/mol. The Balaban J connectivity index is 2.57. The van der Waals surface area contributed by atoms with Crippen molar-refractivity contribution in [2.24, 2.45) is 0 Å². The molecule has 134 valence electrons. The van der Waals surface area contributed by atoms with Crippen molar-refractivity contribution < 1.29 is 28.2 Å². The van der Waals surface area contributed by atoms with Crippen molar-refractivity contribution in [3.63, 3.8) is 0 Å². The lowest BCUT2D eigenvalue weighted by Gasteiger charge is -2.10. The van der Waals surface area contributed by atoms with E-state index in [1.807, 2.05) is 0 Å². The highest BCUT2D eigenvalue weighted by molar-refractivity contribution is 9.13. The van der Waals surface area contributed by atoms with Gasteiger partial charge < -0.3 is 10.2 Å². The first kappa shape index (κ1) is 18.6. The average molecular weight is 503 g/mol. The molecular formula is C16H9Br2NO6S. The molecule has 3 aromatic rings. The quantitative estimate of drug-likeness (QED) is 0.560. The number of nitrogens with zero attached hydrogens (tertiary/aromatic N) is 1. The number of aromatic carboxylic acids is 2. The van der Waals surface area contributed by atoms with Crippen molar-refractivity contribution in [2.75, 3.05) is 0 Å². The molecule has 0 spiro atoms. The van der Waals surface area contributed by atoms with E-state index in [1.54, 1.807) is 6.07 Å². The summed E-state index contributed by atoms with van der Waals surface area (Å²) in [6.07, 6.45) is 0. The summed E-state index contributed by atoms with van der Waals surface area (Å²) in [5, 5.41) is 19.1. The fourth-order valence-corrected chi connectivity index (χ4v) is 4.82. The maximum absolute atomic E-state index is 13.1. The predicted octanol–water partition coefficient (Wildman–Crippen LogP) is 3.80. The molecule has 1 aromatic heterocycles. The van der Waals surface area contributed by atoms with E-state index in [9.17, 15) is 28.2 Å². The van der Waals surface area contributed by atoms with Gasteiger partial charge in [0, 0.05) is 14.3 Å². The zero-order valence-corrected chi connectivity index (χ0v) is 16.7. The molecule has 10 heteroatoms. The zero-order valence-electron chi connectivity index (χ0n) is 12.7. The first-order valence-corrected chi connectivity index (χ1v) is 9.99. The molecule has 0 atom stereocenters. The fraction of sp³-hybridized carbons (Fsp3) is 0. The van der Waals surface area contributed by atoms with Gasteiger partial charge >= 0.3 is 11.9 Å². The van der Waals surface area contributed by atoms with Crippen LogP contribution >= 0.6 is 31.9 Å². The highest BCUT2D eigenvalue weighted by Crippen LogP contribution is 2.36. The second kappa shape index (κ2) is 6.53. The van der Waals surface area contributed by atoms with E-state index in [0.717, 1.165) is 0 Å². The molecule has 0 unspecified atom stereocenters. The van der Waals surface area contributed by atoms with E-state index in [-0.39, 0.29) is 15.8 Å². The number of aromatic nitrogens is 1. The summed E-state index contributed by atoms with van der Waals surface area (Å²) in [6.45, 7) is 0. The molecule has 26 heavy (non-hydrogen) atoms. The second-order valence-electron chi connectivity index (χ2n) is 5.20. The Morgan fingerprint density at radius 1 is 0.923 bits per heavy atom. The standard InChI is InChI=1S/C16H9Br2NO6S/c17-10-6-9-12(7-11(10)18)19(14(16(22)23)13(9)15(20)21)26(24,25)8-4-2-1-3-5-8/h1-7H,(H,20,21)(H,22,23). The van der Waals surface area contributed by atoms with Crippen LogP contribution in [0, 0.1) is 0 Å². The lowest BCUT2D eigenvalue weighted by molar-refractivity contribution is 0.0648. The molecule has 0 bridgehead atoms. The summed E-state index contributed by atoms with van der Waals surface area (Å²) < 4.78 is 27.6. The van der Waals surface area contributed by atoms with Crippen LogP contribution in [0.25, 0.3) is 10.9 Å². The van der Waals surface area contributed by atoms with Crippen molar-refractivity contribution in [3.05, 3.63) is 62.7 Å². The van der Waals surface area contributed by atoms with Crippen molar-refractivity contribution >= 4 is 64.7 Å². The summed E-state index contributed by atoms with van der Waals surface area (Å²) in [5.41, 5.74) is -1.49. The summed E-state index contributed by atoms with van der Waals surface area (Å²) in [4.78, 5) is 23.4. The molecule has 0 radical (unpaired) electrons. The van der Waals surface area contributed by atoms with Crippen LogP contribution < -0.4 is 0 Å². The van der Waals surface area contributed by atoms with E-state index in [2.05, 4.69) is 31.9 Å². The number of fused-ring (bicyclic) bond motifs is 1. The summed E-state index contributed by atoms with van der Waals surface area (Å²) in [6, 6.07) is 9.93. The van der Waals surface area contributed by atoms with Gasteiger partial charge in [0.2, 0.25) is 0 Å². The zero-order chi connectivity index (χ0) is 19.2. The summed E-state index contributed by atoms with van der Waals surface area (Å²) >= 11 is 6.45. The highest BCUT2D eigenvalue weighted by atomic mass is 79.9. The number of hydrogen-bond donors (Lipinski definition) is 2. The minimum absolute atomic E-state index is 0.00974. The topological polar surface area (TPSA) is 114 Å². The third-order valence-electron chi connectivity index (χ3n) is 3.66. The van der Waals surface area contributed by atoms with E-state index < -0.39 is 33.2 Å². The fourth-order valence-electron chi connectivity index (χ4n) is 2.61. The lowest BCUT2D eigenvalue weighted by Crippen LogP contribution is -2.20. The molecule has 0 aliphatic heterocycles. The normalized spacial score (nSPS) is 11.6. The molecule has 2 N–H and O–H groups in total. The molecule has 0 fully saturated rings. The molecular weight excluding hydrogens is 494 g/mol. The van der Waals surface area contributed by atoms with Gasteiger partial charge in [0.1, 0.15) is 5.56 Å². The Hall–Kier alpha value is -2.17. The Morgan fingerprint density at radius 3 is 2.04 bits per heavy atom. The average Bonchev–Trinajstić information content (AvgIpc) is 2.91. The van der Waals surface area contributed by atoms with Crippen molar-refractivity contribution in [1.29, 1.82) is 0 Å². The van der Waals surface area contributed by atoms with Crippen LogP contribution in [0.15, 0.2) is 56.3 Å². The molecule has 0 aliphatic rings. The maximum atomic E-state index is 13.1.